The van der Waals surface area contributed by atoms with Crippen LogP contribution >= 0.6 is 11.6 Å². The van der Waals surface area contributed by atoms with Crippen LogP contribution in [0.1, 0.15) is 12.0 Å². The number of halogens is 1. The predicted octanol–water partition coefficient (Wildman–Crippen LogP) is 3.29. The molecular formula is C25H23ClN2O6. The van der Waals surface area contributed by atoms with E-state index in [-0.39, 0.29) is 23.6 Å². The molecule has 3 aromatic carbocycles. The molecule has 4 N–H and O–H groups in total. The lowest BCUT2D eigenvalue weighted by Crippen LogP contribution is -2.47. The van der Waals surface area contributed by atoms with Gasteiger partial charge in [-0.3, -0.25) is 14.8 Å². The Morgan fingerprint density at radius 1 is 0.912 bits per heavy atom. The van der Waals surface area contributed by atoms with Gasteiger partial charge in [-0.2, -0.15) is 5.06 Å². The second-order valence-corrected chi connectivity index (χ2v) is 8.06. The lowest BCUT2D eigenvalue weighted by molar-refractivity contribution is -0.147. The van der Waals surface area contributed by atoms with E-state index in [1.807, 2.05) is 30.3 Å². The van der Waals surface area contributed by atoms with Crippen LogP contribution in [0.3, 0.4) is 0 Å². The minimum Gasteiger partial charge on any atom is -0.479 e. The number of carbonyl (C=O) groups is 3. The van der Waals surface area contributed by atoms with Gasteiger partial charge in [0.2, 0.25) is 0 Å². The molecule has 0 radical (unpaired) electrons. The van der Waals surface area contributed by atoms with Crippen molar-refractivity contribution >= 4 is 35.1 Å². The Labute approximate surface area is 201 Å². The van der Waals surface area contributed by atoms with E-state index in [9.17, 15) is 24.7 Å². The molecule has 0 aliphatic rings. The van der Waals surface area contributed by atoms with Crippen LogP contribution < -0.4 is 10.4 Å². The third-order valence-corrected chi connectivity index (χ3v) is 5.34. The first kappa shape index (κ1) is 24.9. The maximum atomic E-state index is 12.5. The fourth-order valence-electron chi connectivity index (χ4n) is 3.38. The number of hydroxylamine groups is 1. The highest BCUT2D eigenvalue weighted by Gasteiger charge is 2.27. The lowest BCUT2D eigenvalue weighted by Gasteiger charge is -2.21. The zero-order valence-electron chi connectivity index (χ0n) is 18.0. The van der Waals surface area contributed by atoms with Crippen molar-refractivity contribution in [3.63, 3.8) is 0 Å². The number of anilines is 1. The standard InChI is InChI=1S/C25H23ClN2O6/c26-19-6-4-5-18(14-19)17-11-9-16(10-12-17)13-20(15-22(29)25(32)33)27-23(30)24(31)28(34)21-7-2-1-3-8-21/h1-12,14,20,22,29,34H,13,15H2,(H,27,30)(H,32,33). The average Bonchev–Trinajstić information content (AvgIpc) is 2.84. The maximum Gasteiger partial charge on any atom is 0.339 e. The van der Waals surface area contributed by atoms with Crippen molar-refractivity contribution in [1.29, 1.82) is 0 Å². The lowest BCUT2D eigenvalue weighted by atomic mass is 9.98. The summed E-state index contributed by atoms with van der Waals surface area (Å²) in [7, 11) is 0. The molecular weight excluding hydrogens is 460 g/mol. The summed E-state index contributed by atoms with van der Waals surface area (Å²) in [6, 6.07) is 21.5. The zero-order valence-corrected chi connectivity index (χ0v) is 18.7. The van der Waals surface area contributed by atoms with Crippen LogP contribution in [0.5, 0.6) is 0 Å². The van der Waals surface area contributed by atoms with Crippen molar-refractivity contribution in [2.24, 2.45) is 0 Å². The van der Waals surface area contributed by atoms with Crippen molar-refractivity contribution in [3.8, 4) is 11.1 Å². The SMILES string of the molecule is O=C(NC(Cc1ccc(-c2cccc(Cl)c2)cc1)CC(O)C(=O)O)C(=O)N(O)c1ccccc1. The molecule has 0 spiro atoms. The molecule has 3 rings (SSSR count). The fourth-order valence-corrected chi connectivity index (χ4v) is 3.57. The Hall–Kier alpha value is -3.72. The monoisotopic (exact) mass is 482 g/mol. The van der Waals surface area contributed by atoms with Crippen molar-refractivity contribution in [1.82, 2.24) is 5.32 Å². The molecule has 9 heteroatoms. The second kappa shape index (κ2) is 11.4. The van der Waals surface area contributed by atoms with Gasteiger partial charge in [-0.25, -0.2) is 4.79 Å². The number of carbonyl (C=O) groups excluding carboxylic acids is 2. The van der Waals surface area contributed by atoms with Crippen LogP contribution in [0.15, 0.2) is 78.9 Å². The summed E-state index contributed by atoms with van der Waals surface area (Å²) < 4.78 is 0. The summed E-state index contributed by atoms with van der Waals surface area (Å²) in [5.41, 5.74) is 2.66. The molecule has 176 valence electrons. The summed E-state index contributed by atoms with van der Waals surface area (Å²) in [6.45, 7) is 0. The molecule has 3 aromatic rings. The molecule has 0 fully saturated rings. The van der Waals surface area contributed by atoms with Crippen molar-refractivity contribution in [2.45, 2.75) is 25.0 Å². The number of para-hydroxylation sites is 1. The number of aliphatic hydroxyl groups excluding tert-OH is 1. The molecule has 0 saturated carbocycles. The highest BCUT2D eigenvalue weighted by Crippen LogP contribution is 2.23. The van der Waals surface area contributed by atoms with E-state index in [4.69, 9.17) is 16.7 Å². The molecule has 0 aromatic heterocycles. The molecule has 0 heterocycles. The van der Waals surface area contributed by atoms with Gasteiger partial charge in [0.1, 0.15) is 0 Å². The van der Waals surface area contributed by atoms with E-state index >= 15 is 0 Å². The van der Waals surface area contributed by atoms with Gasteiger partial charge in [-0.05, 0) is 47.4 Å². The van der Waals surface area contributed by atoms with Gasteiger partial charge in [-0.1, -0.05) is 66.2 Å². The van der Waals surface area contributed by atoms with E-state index in [1.165, 1.54) is 12.1 Å². The van der Waals surface area contributed by atoms with Gasteiger partial charge in [0.05, 0.1) is 5.69 Å². The maximum absolute atomic E-state index is 12.5. The largest absolute Gasteiger partial charge is 0.479 e. The van der Waals surface area contributed by atoms with E-state index < -0.39 is 29.9 Å². The molecule has 2 atom stereocenters. The quantitative estimate of drug-likeness (QED) is 0.222. The third-order valence-electron chi connectivity index (χ3n) is 5.11. The molecule has 2 unspecified atom stereocenters. The highest BCUT2D eigenvalue weighted by atomic mass is 35.5. The Kier molecular flexibility index (Phi) is 8.37. The second-order valence-electron chi connectivity index (χ2n) is 7.62. The summed E-state index contributed by atoms with van der Waals surface area (Å²) in [5, 5.41) is 32.2. The van der Waals surface area contributed by atoms with Crippen molar-refractivity contribution in [2.75, 3.05) is 5.06 Å². The third kappa shape index (κ3) is 6.64. The number of benzene rings is 3. The number of aliphatic hydroxyl groups is 1. The number of hydrogen-bond acceptors (Lipinski definition) is 5. The van der Waals surface area contributed by atoms with E-state index in [2.05, 4.69) is 5.32 Å². The number of aliphatic carboxylic acids is 1. The Morgan fingerprint density at radius 2 is 1.59 bits per heavy atom. The molecule has 0 aliphatic heterocycles. The van der Waals surface area contributed by atoms with Crippen LogP contribution in [0, 0.1) is 0 Å². The minimum atomic E-state index is -1.74. The summed E-state index contributed by atoms with van der Waals surface area (Å²) in [6.07, 6.45) is -1.93. The van der Waals surface area contributed by atoms with Crippen LogP contribution in [-0.4, -0.2) is 45.3 Å². The molecule has 0 bridgehead atoms. The first-order valence-electron chi connectivity index (χ1n) is 10.4. The number of hydrogen-bond donors (Lipinski definition) is 4. The summed E-state index contributed by atoms with van der Waals surface area (Å²) in [5.74, 6) is -3.82. The Morgan fingerprint density at radius 3 is 2.21 bits per heavy atom. The molecule has 0 saturated heterocycles. The molecule has 2 amide bonds. The molecule has 8 nitrogen and oxygen atoms in total. The summed E-state index contributed by atoms with van der Waals surface area (Å²) in [4.78, 5) is 36.0. The zero-order chi connectivity index (χ0) is 24.7. The number of rotatable bonds is 8. The Bertz CT molecular complexity index is 1150. The summed E-state index contributed by atoms with van der Waals surface area (Å²) >= 11 is 6.04. The first-order valence-corrected chi connectivity index (χ1v) is 10.8. The topological polar surface area (TPSA) is 127 Å². The van der Waals surface area contributed by atoms with Crippen LogP contribution in [-0.2, 0) is 20.8 Å². The van der Waals surface area contributed by atoms with Gasteiger partial charge >= 0.3 is 17.8 Å². The predicted molar refractivity (Wildman–Crippen MR) is 126 cm³/mol. The molecule has 0 aliphatic carbocycles. The number of amides is 2. The number of carboxylic acids is 1. The highest BCUT2D eigenvalue weighted by molar-refractivity contribution is 6.39. The Balaban J connectivity index is 1.73. The number of nitrogens with zero attached hydrogens (tertiary/aromatic N) is 1. The van der Waals surface area contributed by atoms with Crippen molar-refractivity contribution in [3.05, 3.63) is 89.4 Å². The van der Waals surface area contributed by atoms with Crippen LogP contribution in [0.4, 0.5) is 5.69 Å². The van der Waals surface area contributed by atoms with Crippen LogP contribution in [0.2, 0.25) is 5.02 Å². The average molecular weight is 483 g/mol. The minimum absolute atomic E-state index is 0.0985. The first-order chi connectivity index (χ1) is 16.2. The van der Waals surface area contributed by atoms with Gasteiger partial charge in [0.15, 0.2) is 6.10 Å². The van der Waals surface area contributed by atoms with Gasteiger partial charge < -0.3 is 15.5 Å². The van der Waals surface area contributed by atoms with Gasteiger partial charge in [0.25, 0.3) is 0 Å². The van der Waals surface area contributed by atoms with Crippen LogP contribution in [0.25, 0.3) is 11.1 Å². The van der Waals surface area contributed by atoms with E-state index in [0.717, 1.165) is 16.7 Å². The van der Waals surface area contributed by atoms with E-state index in [0.29, 0.717) is 5.02 Å². The van der Waals surface area contributed by atoms with Crippen molar-refractivity contribution < 1.29 is 29.8 Å². The smallest absolute Gasteiger partial charge is 0.339 e. The van der Waals surface area contributed by atoms with Gasteiger partial charge in [-0.15, -0.1) is 0 Å². The normalized spacial score (nSPS) is 12.4. The number of carboxylic acid groups (broad SMARTS) is 1. The molecule has 34 heavy (non-hydrogen) atoms. The number of nitrogens with one attached hydrogen (secondary N) is 1. The fraction of sp³-hybridized carbons (Fsp3) is 0.160. The van der Waals surface area contributed by atoms with E-state index in [1.54, 1.807) is 36.4 Å². The van der Waals surface area contributed by atoms with Gasteiger partial charge in [0, 0.05) is 17.5 Å².